The minimum absolute atomic E-state index is 0.371. The molecule has 0 radical (unpaired) electrons. The number of carbonyl (C=O) groups is 1. The number of aromatic nitrogens is 1. The number of aryl methyl sites for hydroxylation is 1. The highest BCUT2D eigenvalue weighted by Crippen LogP contribution is 2.23. The number of esters is 1. The minimum atomic E-state index is -0.371. The molecule has 0 bridgehead atoms. The van der Waals surface area contributed by atoms with Gasteiger partial charge in [-0.1, -0.05) is 12.1 Å². The molecule has 1 heterocycles. The lowest BCUT2D eigenvalue weighted by Crippen LogP contribution is -2.00. The largest absolute Gasteiger partial charge is 0.465 e. The molecule has 1 aromatic heterocycles. The molecule has 0 aliphatic rings. The molecule has 0 unspecified atom stereocenters. The highest BCUT2D eigenvalue weighted by molar-refractivity contribution is 5.90. The molecule has 4 nitrogen and oxygen atoms in total. The number of methoxy groups -OCH3 is 1. The topological polar surface area (TPSA) is 65.9 Å². The van der Waals surface area contributed by atoms with Crippen molar-refractivity contribution in [1.29, 1.82) is 5.26 Å². The monoisotopic (exact) mass is 240 g/mol. The summed E-state index contributed by atoms with van der Waals surface area (Å²) in [5, 5.41) is 9.03. The van der Waals surface area contributed by atoms with Crippen molar-refractivity contribution in [2.45, 2.75) is 6.92 Å². The van der Waals surface area contributed by atoms with Crippen LogP contribution in [-0.4, -0.2) is 18.1 Å². The summed E-state index contributed by atoms with van der Waals surface area (Å²) in [4.78, 5) is 14.4. The molecule has 2 aromatic rings. The van der Waals surface area contributed by atoms with E-state index in [1.807, 2.05) is 6.92 Å². The number of benzene rings is 1. The van der Waals surface area contributed by atoms with Crippen molar-refractivity contribution in [1.82, 2.24) is 4.98 Å². The van der Waals surface area contributed by atoms with E-state index in [-0.39, 0.29) is 5.97 Å². The van der Waals surface area contributed by atoms with Crippen molar-refractivity contribution in [2.75, 3.05) is 7.11 Å². The van der Waals surface area contributed by atoms with E-state index in [0.717, 1.165) is 17.0 Å². The Balaban J connectivity index is 2.40. The Hall–Kier alpha value is -2.54. The second kappa shape index (κ2) is 4.76. The quantitative estimate of drug-likeness (QED) is 0.820. The number of H-pyrrole nitrogens is 1. The van der Waals surface area contributed by atoms with E-state index in [2.05, 4.69) is 15.8 Å². The molecule has 4 heteroatoms. The van der Waals surface area contributed by atoms with Gasteiger partial charge in [-0.2, -0.15) is 5.26 Å². The molecule has 0 spiro atoms. The Labute approximate surface area is 105 Å². The Morgan fingerprint density at radius 3 is 2.56 bits per heavy atom. The predicted octanol–water partition coefficient (Wildman–Crippen LogP) is 2.65. The van der Waals surface area contributed by atoms with Crippen LogP contribution in [0.5, 0.6) is 0 Å². The summed E-state index contributed by atoms with van der Waals surface area (Å²) in [6, 6.07) is 10.9. The first kappa shape index (κ1) is 11.9. The van der Waals surface area contributed by atoms with Gasteiger partial charge in [0.15, 0.2) is 0 Å². The lowest BCUT2D eigenvalue weighted by atomic mass is 10.1. The number of nitriles is 1. The van der Waals surface area contributed by atoms with Crippen LogP contribution in [-0.2, 0) is 4.74 Å². The van der Waals surface area contributed by atoms with Crippen molar-refractivity contribution >= 4 is 5.97 Å². The van der Waals surface area contributed by atoms with Crippen molar-refractivity contribution in [3.05, 3.63) is 47.2 Å². The number of hydrogen-bond donors (Lipinski definition) is 1. The number of rotatable bonds is 2. The summed E-state index contributed by atoms with van der Waals surface area (Å²) >= 11 is 0. The van der Waals surface area contributed by atoms with Crippen molar-refractivity contribution in [3.8, 4) is 17.3 Å². The van der Waals surface area contributed by atoms with E-state index < -0.39 is 0 Å². The van der Waals surface area contributed by atoms with E-state index in [1.54, 1.807) is 30.3 Å². The second-order valence-electron chi connectivity index (χ2n) is 3.92. The molecule has 1 aromatic carbocycles. The van der Waals surface area contributed by atoms with Crippen molar-refractivity contribution in [3.63, 3.8) is 0 Å². The zero-order chi connectivity index (χ0) is 13.1. The molecule has 18 heavy (non-hydrogen) atoms. The first-order chi connectivity index (χ1) is 8.65. The van der Waals surface area contributed by atoms with Crippen LogP contribution in [0.2, 0.25) is 0 Å². The first-order valence-corrected chi connectivity index (χ1v) is 5.44. The molecular weight excluding hydrogens is 228 g/mol. The molecule has 0 aliphatic carbocycles. The number of nitrogens with zero attached hydrogens (tertiary/aromatic N) is 1. The van der Waals surface area contributed by atoms with Crippen LogP contribution in [0.4, 0.5) is 0 Å². The van der Waals surface area contributed by atoms with Crippen molar-refractivity contribution in [2.24, 2.45) is 0 Å². The SMILES string of the molecule is COC(=O)c1ccc(-c2[nH]c(C)cc2C#N)cc1. The molecule has 90 valence electrons. The fourth-order valence-corrected chi connectivity index (χ4v) is 1.80. The molecule has 2 rings (SSSR count). The Morgan fingerprint density at radius 2 is 2.00 bits per heavy atom. The van der Waals surface area contributed by atoms with Crippen LogP contribution < -0.4 is 0 Å². The van der Waals surface area contributed by atoms with E-state index in [0.29, 0.717) is 11.1 Å². The Morgan fingerprint density at radius 1 is 1.33 bits per heavy atom. The number of hydrogen-bond acceptors (Lipinski definition) is 3. The number of ether oxygens (including phenoxy) is 1. The first-order valence-electron chi connectivity index (χ1n) is 5.44. The highest BCUT2D eigenvalue weighted by Gasteiger charge is 2.10. The lowest BCUT2D eigenvalue weighted by Gasteiger charge is -2.02. The van der Waals surface area contributed by atoms with Crippen molar-refractivity contribution < 1.29 is 9.53 Å². The molecule has 0 amide bonds. The average Bonchev–Trinajstić information content (AvgIpc) is 2.79. The summed E-state index contributed by atoms with van der Waals surface area (Å²) < 4.78 is 4.63. The van der Waals surface area contributed by atoms with Gasteiger partial charge in [-0.15, -0.1) is 0 Å². The summed E-state index contributed by atoms with van der Waals surface area (Å²) in [5.41, 5.74) is 3.65. The summed E-state index contributed by atoms with van der Waals surface area (Å²) in [5.74, 6) is -0.371. The van der Waals surface area contributed by atoms with E-state index in [9.17, 15) is 4.79 Å². The third-order valence-corrected chi connectivity index (χ3v) is 2.67. The summed E-state index contributed by atoms with van der Waals surface area (Å²) in [7, 11) is 1.35. The summed E-state index contributed by atoms with van der Waals surface area (Å²) in [6.07, 6.45) is 0. The van der Waals surface area contributed by atoms with E-state index in [4.69, 9.17) is 5.26 Å². The van der Waals surface area contributed by atoms with Crippen LogP contribution in [0.15, 0.2) is 30.3 Å². The molecule has 1 N–H and O–H groups in total. The predicted molar refractivity (Wildman–Crippen MR) is 67.0 cm³/mol. The third-order valence-electron chi connectivity index (χ3n) is 2.67. The molecule has 0 saturated heterocycles. The van der Waals surface area contributed by atoms with Gasteiger partial charge in [0.2, 0.25) is 0 Å². The molecule has 0 atom stereocenters. The standard InChI is InChI=1S/C14H12N2O2/c1-9-7-12(8-15)13(16-9)10-3-5-11(6-4-10)14(17)18-2/h3-7,16H,1-2H3. The zero-order valence-corrected chi connectivity index (χ0v) is 10.2. The maximum atomic E-state index is 11.3. The third kappa shape index (κ3) is 2.11. The van der Waals surface area contributed by atoms with E-state index in [1.165, 1.54) is 7.11 Å². The van der Waals surface area contributed by atoms with Crippen LogP contribution in [0.25, 0.3) is 11.3 Å². The maximum Gasteiger partial charge on any atom is 0.337 e. The van der Waals surface area contributed by atoms with Gasteiger partial charge in [0.1, 0.15) is 6.07 Å². The molecule has 0 aliphatic heterocycles. The maximum absolute atomic E-state index is 11.3. The molecule has 0 fully saturated rings. The zero-order valence-electron chi connectivity index (χ0n) is 10.2. The lowest BCUT2D eigenvalue weighted by molar-refractivity contribution is 0.0601. The fourth-order valence-electron chi connectivity index (χ4n) is 1.80. The number of carbonyl (C=O) groups excluding carboxylic acids is 1. The van der Waals surface area contributed by atoms with E-state index >= 15 is 0 Å². The summed E-state index contributed by atoms with van der Waals surface area (Å²) in [6.45, 7) is 1.90. The van der Waals surface area contributed by atoms with Crippen LogP contribution in [0, 0.1) is 18.3 Å². The van der Waals surface area contributed by atoms with Crippen LogP contribution >= 0.6 is 0 Å². The van der Waals surface area contributed by atoms with Crippen LogP contribution in [0.1, 0.15) is 21.6 Å². The van der Waals surface area contributed by atoms with Crippen LogP contribution in [0.3, 0.4) is 0 Å². The average molecular weight is 240 g/mol. The minimum Gasteiger partial charge on any atom is -0.465 e. The second-order valence-corrected chi connectivity index (χ2v) is 3.92. The fraction of sp³-hybridized carbons (Fsp3) is 0.143. The highest BCUT2D eigenvalue weighted by atomic mass is 16.5. The van der Waals surface area contributed by atoms with Gasteiger partial charge >= 0.3 is 5.97 Å². The van der Waals surface area contributed by atoms with Gasteiger partial charge in [-0.3, -0.25) is 0 Å². The molecule has 0 saturated carbocycles. The normalized spacial score (nSPS) is 9.83. The number of aromatic amines is 1. The number of nitrogens with one attached hydrogen (secondary N) is 1. The molecular formula is C14H12N2O2. The van der Waals surface area contributed by atoms with Gasteiger partial charge in [-0.25, -0.2) is 4.79 Å². The van der Waals surface area contributed by atoms with Gasteiger partial charge < -0.3 is 9.72 Å². The Bertz CT molecular complexity index is 618. The van der Waals surface area contributed by atoms with Gasteiger partial charge in [0, 0.05) is 5.69 Å². The van der Waals surface area contributed by atoms with Gasteiger partial charge in [-0.05, 0) is 30.7 Å². The van der Waals surface area contributed by atoms with Gasteiger partial charge in [0.05, 0.1) is 23.9 Å². The Kier molecular flexibility index (Phi) is 3.16. The van der Waals surface area contributed by atoms with Gasteiger partial charge in [0.25, 0.3) is 0 Å². The smallest absolute Gasteiger partial charge is 0.337 e.